The maximum absolute atomic E-state index is 14.2. The molecule has 0 radical (unpaired) electrons. The summed E-state index contributed by atoms with van der Waals surface area (Å²) in [7, 11) is 0. The zero-order chi connectivity index (χ0) is 19.4. The molecule has 0 aromatic carbocycles. The molecule has 12 heteroatoms. The van der Waals surface area contributed by atoms with Crippen LogP contribution in [-0.2, 0) is 0 Å². The lowest BCUT2D eigenvalue weighted by molar-refractivity contribution is -0.0695. The van der Waals surface area contributed by atoms with Gasteiger partial charge in [0, 0.05) is 12.0 Å². The third kappa shape index (κ3) is 4.56. The number of nitrogens with zero attached hydrogens (tertiary/aromatic N) is 3. The van der Waals surface area contributed by atoms with Crippen LogP contribution in [0.25, 0.3) is 0 Å². The minimum atomic E-state index is -3.37. The van der Waals surface area contributed by atoms with E-state index < -0.39 is 36.5 Å². The van der Waals surface area contributed by atoms with Gasteiger partial charge in [0.15, 0.2) is 5.75 Å². The summed E-state index contributed by atoms with van der Waals surface area (Å²) < 4.78 is 60.8. The molecule has 2 aromatic heterocycles. The van der Waals surface area contributed by atoms with Gasteiger partial charge in [-0.15, -0.1) is 0 Å². The number of halogens is 5. The lowest BCUT2D eigenvalue weighted by Crippen LogP contribution is -2.21. The van der Waals surface area contributed by atoms with Gasteiger partial charge in [0.25, 0.3) is 6.36 Å². The first kappa shape index (κ1) is 19.8. The Hall–Kier alpha value is -2.50. The summed E-state index contributed by atoms with van der Waals surface area (Å²) in [6, 6.07) is 0.893. The van der Waals surface area contributed by atoms with Crippen LogP contribution in [-0.4, -0.2) is 33.8 Å². The molecule has 2 unspecified atom stereocenters. The molecule has 2 N–H and O–H groups in total. The molecule has 0 saturated heterocycles. The number of amides is 1. The van der Waals surface area contributed by atoms with E-state index in [0.29, 0.717) is 0 Å². The zero-order valence-corrected chi connectivity index (χ0v) is 14.6. The number of pyridine rings is 1. The number of carbonyl (C=O) groups is 1. The predicted molar refractivity (Wildman–Crippen MR) is 83.2 cm³/mol. The molecule has 0 bridgehead atoms. The summed E-state index contributed by atoms with van der Waals surface area (Å²) in [4.78, 5) is 22.0. The van der Waals surface area contributed by atoms with Crippen molar-refractivity contribution in [2.75, 3.05) is 0 Å². The number of aromatic nitrogens is 3. The lowest BCUT2D eigenvalue weighted by atomic mass is 10.0. The van der Waals surface area contributed by atoms with Gasteiger partial charge in [0.2, 0.25) is 5.88 Å². The van der Waals surface area contributed by atoms with Gasteiger partial charge in [0.1, 0.15) is 16.6 Å². The van der Waals surface area contributed by atoms with Crippen LogP contribution in [0.3, 0.4) is 0 Å². The summed E-state index contributed by atoms with van der Waals surface area (Å²) in [5, 5.41) is 0. The highest BCUT2D eigenvalue weighted by Crippen LogP contribution is 2.34. The Morgan fingerprint density at radius 3 is 2.50 bits per heavy atom. The van der Waals surface area contributed by atoms with E-state index >= 15 is 0 Å². The number of alkyl halides is 3. The van der Waals surface area contributed by atoms with Crippen molar-refractivity contribution in [3.8, 4) is 11.6 Å². The van der Waals surface area contributed by atoms with Gasteiger partial charge in [-0.2, -0.15) is 4.39 Å². The number of rotatable bonds is 6. The number of primary amides is 1. The Balaban J connectivity index is 2.32. The fourth-order valence-electron chi connectivity index (χ4n) is 1.96. The standard InChI is InChI=1S/C14H11BrF4N4O3/c1-5(9-7(16)2-6(3-21-9)25-14(20)24)10-8(15)13(23-4-22-10)26-12(19)11(17)18/h2-5,11-12H,1H3,(H2,20,24). The number of nitrogens with two attached hydrogens (primary N) is 1. The fraction of sp³-hybridized carbons (Fsp3) is 0.286. The maximum atomic E-state index is 14.2. The summed E-state index contributed by atoms with van der Waals surface area (Å²) in [5.41, 5.74) is 4.85. The smallest absolute Gasteiger partial charge is 0.410 e. The summed E-state index contributed by atoms with van der Waals surface area (Å²) >= 11 is 3.03. The zero-order valence-electron chi connectivity index (χ0n) is 13.0. The van der Waals surface area contributed by atoms with Gasteiger partial charge < -0.3 is 15.2 Å². The third-order valence-electron chi connectivity index (χ3n) is 3.09. The lowest BCUT2D eigenvalue weighted by Gasteiger charge is -2.16. The first-order valence-corrected chi connectivity index (χ1v) is 7.72. The molecule has 2 aromatic rings. The summed E-state index contributed by atoms with van der Waals surface area (Å²) in [6.07, 6.45) is -5.36. The van der Waals surface area contributed by atoms with Crippen molar-refractivity contribution < 1.29 is 31.8 Å². The molecule has 0 aliphatic heterocycles. The van der Waals surface area contributed by atoms with Crippen molar-refractivity contribution >= 4 is 22.0 Å². The highest BCUT2D eigenvalue weighted by atomic mass is 79.9. The van der Waals surface area contributed by atoms with Crippen LogP contribution in [0.4, 0.5) is 22.4 Å². The van der Waals surface area contributed by atoms with Gasteiger partial charge in [-0.25, -0.2) is 27.9 Å². The maximum Gasteiger partial charge on any atom is 0.410 e. The van der Waals surface area contributed by atoms with Crippen molar-refractivity contribution in [2.24, 2.45) is 5.73 Å². The van der Waals surface area contributed by atoms with E-state index in [1.807, 2.05) is 0 Å². The van der Waals surface area contributed by atoms with E-state index in [2.05, 4.69) is 40.4 Å². The molecule has 0 spiro atoms. The van der Waals surface area contributed by atoms with Crippen molar-refractivity contribution in [1.29, 1.82) is 0 Å². The average Bonchev–Trinajstić information content (AvgIpc) is 2.55. The van der Waals surface area contributed by atoms with Crippen LogP contribution < -0.4 is 15.2 Å². The Labute approximate surface area is 152 Å². The van der Waals surface area contributed by atoms with Crippen molar-refractivity contribution in [2.45, 2.75) is 25.6 Å². The minimum absolute atomic E-state index is 0.0329. The Kier molecular flexibility index (Phi) is 6.29. The largest absolute Gasteiger partial charge is 0.436 e. The third-order valence-corrected chi connectivity index (χ3v) is 3.84. The molecule has 0 aliphatic carbocycles. The SMILES string of the molecule is CC(c1ncc(OC(N)=O)cc1F)c1ncnc(OC(F)C(F)F)c1Br. The van der Waals surface area contributed by atoms with Crippen LogP contribution in [0, 0.1) is 5.82 Å². The molecular formula is C14H11BrF4N4O3. The van der Waals surface area contributed by atoms with E-state index in [9.17, 15) is 22.4 Å². The van der Waals surface area contributed by atoms with E-state index in [0.717, 1.165) is 18.6 Å². The van der Waals surface area contributed by atoms with Gasteiger partial charge in [-0.1, -0.05) is 6.92 Å². The Bertz CT molecular complexity index is 812. The van der Waals surface area contributed by atoms with Crippen molar-refractivity contribution in [3.63, 3.8) is 0 Å². The minimum Gasteiger partial charge on any atom is -0.436 e. The first-order valence-electron chi connectivity index (χ1n) is 6.92. The monoisotopic (exact) mass is 438 g/mol. The molecule has 7 nitrogen and oxygen atoms in total. The van der Waals surface area contributed by atoms with Crippen molar-refractivity contribution in [3.05, 3.63) is 40.3 Å². The predicted octanol–water partition coefficient (Wildman–Crippen LogP) is 3.32. The number of carbonyl (C=O) groups excluding carboxylic acids is 1. The number of hydrogen-bond acceptors (Lipinski definition) is 6. The highest BCUT2D eigenvalue weighted by Gasteiger charge is 2.26. The van der Waals surface area contributed by atoms with Gasteiger partial charge in [-0.05, 0) is 15.9 Å². The number of hydrogen-bond donors (Lipinski definition) is 1. The number of ether oxygens (including phenoxy) is 2. The van der Waals surface area contributed by atoms with Crippen LogP contribution in [0.5, 0.6) is 11.6 Å². The molecular weight excluding hydrogens is 428 g/mol. The molecule has 2 atom stereocenters. The molecule has 2 rings (SSSR count). The second kappa shape index (κ2) is 8.25. The second-order valence-corrected chi connectivity index (χ2v) is 5.66. The molecule has 26 heavy (non-hydrogen) atoms. The normalized spacial score (nSPS) is 13.3. The summed E-state index contributed by atoms with van der Waals surface area (Å²) in [6.45, 7) is 1.51. The van der Waals surface area contributed by atoms with E-state index in [-0.39, 0.29) is 21.6 Å². The van der Waals surface area contributed by atoms with Crippen LogP contribution in [0.15, 0.2) is 23.1 Å². The Morgan fingerprint density at radius 1 is 1.23 bits per heavy atom. The van der Waals surface area contributed by atoms with Gasteiger partial charge in [-0.3, -0.25) is 4.98 Å². The highest BCUT2D eigenvalue weighted by molar-refractivity contribution is 9.10. The summed E-state index contributed by atoms with van der Waals surface area (Å²) in [5.74, 6) is -2.31. The van der Waals surface area contributed by atoms with Crippen LogP contribution in [0.1, 0.15) is 24.2 Å². The Morgan fingerprint density at radius 2 is 1.92 bits per heavy atom. The molecule has 2 heterocycles. The molecule has 0 aliphatic rings. The first-order chi connectivity index (χ1) is 12.2. The molecule has 1 amide bonds. The van der Waals surface area contributed by atoms with E-state index in [1.165, 1.54) is 6.92 Å². The quantitative estimate of drug-likeness (QED) is 0.694. The molecule has 0 fully saturated rings. The molecule has 0 saturated carbocycles. The average molecular weight is 439 g/mol. The van der Waals surface area contributed by atoms with Crippen LogP contribution in [0.2, 0.25) is 0 Å². The fourth-order valence-corrected chi connectivity index (χ4v) is 2.60. The van der Waals surface area contributed by atoms with Gasteiger partial charge in [0.05, 0.1) is 17.6 Å². The van der Waals surface area contributed by atoms with E-state index in [1.54, 1.807) is 0 Å². The van der Waals surface area contributed by atoms with Crippen LogP contribution >= 0.6 is 15.9 Å². The second-order valence-electron chi connectivity index (χ2n) is 4.86. The van der Waals surface area contributed by atoms with E-state index in [4.69, 9.17) is 5.73 Å². The topological polar surface area (TPSA) is 100 Å². The van der Waals surface area contributed by atoms with Gasteiger partial charge >= 0.3 is 12.5 Å². The van der Waals surface area contributed by atoms with Crippen molar-refractivity contribution in [1.82, 2.24) is 15.0 Å². The molecule has 140 valence electrons.